The first-order chi connectivity index (χ1) is 12.0. The summed E-state index contributed by atoms with van der Waals surface area (Å²) in [4.78, 5) is 14.1. The van der Waals surface area contributed by atoms with Crippen LogP contribution in [0, 0.1) is 6.92 Å². The van der Waals surface area contributed by atoms with E-state index in [0.29, 0.717) is 6.04 Å². The van der Waals surface area contributed by atoms with E-state index < -0.39 is 0 Å². The molecular formula is C19H28ClN5O. The van der Waals surface area contributed by atoms with Crippen molar-refractivity contribution in [1.82, 2.24) is 20.4 Å². The number of nitrogens with one attached hydrogen (secondary N) is 2. The number of carbonyl (C=O) groups excluding carboxylic acids is 1. The van der Waals surface area contributed by atoms with Gasteiger partial charge in [-0.05, 0) is 37.5 Å². The maximum Gasteiger partial charge on any atom is 0.251 e. The van der Waals surface area contributed by atoms with Crippen LogP contribution in [0.5, 0.6) is 0 Å². The Labute approximate surface area is 161 Å². The number of anilines is 1. The lowest BCUT2D eigenvalue weighted by molar-refractivity contribution is 0.0951. The van der Waals surface area contributed by atoms with Gasteiger partial charge in [-0.25, -0.2) is 0 Å². The molecule has 6 nitrogen and oxygen atoms in total. The number of hydrogen-bond donors (Lipinski definition) is 2. The third-order valence-electron chi connectivity index (χ3n) is 4.50. The van der Waals surface area contributed by atoms with E-state index in [0.717, 1.165) is 48.6 Å². The molecule has 26 heavy (non-hydrogen) atoms. The van der Waals surface area contributed by atoms with Gasteiger partial charge in [0, 0.05) is 51.4 Å². The summed E-state index contributed by atoms with van der Waals surface area (Å²) in [6.45, 7) is 3.56. The number of hydrogen-bond acceptors (Lipinski definition) is 4. The molecule has 2 aromatic rings. The number of aromatic nitrogens is 2. The molecule has 0 saturated heterocycles. The van der Waals surface area contributed by atoms with Crippen molar-refractivity contribution in [1.29, 1.82) is 0 Å². The second kappa shape index (κ2) is 8.56. The number of carbonyl (C=O) groups is 1. The van der Waals surface area contributed by atoms with Crippen molar-refractivity contribution in [2.24, 2.45) is 7.05 Å². The van der Waals surface area contributed by atoms with Crippen LogP contribution in [-0.4, -0.2) is 35.8 Å². The van der Waals surface area contributed by atoms with E-state index >= 15 is 0 Å². The minimum Gasteiger partial charge on any atom is -0.363 e. The first-order valence-electron chi connectivity index (χ1n) is 8.76. The highest BCUT2D eigenvalue weighted by Crippen LogP contribution is 2.21. The number of rotatable bonds is 7. The highest BCUT2D eigenvalue weighted by Gasteiger charge is 2.23. The maximum atomic E-state index is 12.0. The average Bonchev–Trinajstić information content (AvgIpc) is 3.32. The molecule has 1 aliphatic carbocycles. The molecule has 1 aliphatic rings. The first kappa shape index (κ1) is 20.3. The molecule has 0 unspecified atom stereocenters. The van der Waals surface area contributed by atoms with Crippen LogP contribution in [0.1, 0.15) is 40.0 Å². The number of benzene rings is 1. The molecule has 3 rings (SSSR count). The molecular weight excluding hydrogens is 350 g/mol. The molecule has 1 saturated carbocycles. The summed E-state index contributed by atoms with van der Waals surface area (Å²) in [5.74, 6) is 1.15. The first-order valence-corrected chi connectivity index (χ1v) is 8.76. The van der Waals surface area contributed by atoms with E-state index in [-0.39, 0.29) is 18.3 Å². The van der Waals surface area contributed by atoms with Crippen LogP contribution in [0.4, 0.5) is 5.82 Å². The molecule has 1 aromatic carbocycles. The van der Waals surface area contributed by atoms with Crippen LogP contribution in [0.3, 0.4) is 0 Å². The Balaban J connectivity index is 0.00000243. The summed E-state index contributed by atoms with van der Waals surface area (Å²) < 4.78 is 1.92. The van der Waals surface area contributed by atoms with E-state index in [1.165, 1.54) is 5.56 Å². The molecule has 0 aliphatic heterocycles. The summed E-state index contributed by atoms with van der Waals surface area (Å²) in [5, 5.41) is 11.0. The topological polar surface area (TPSA) is 62.2 Å². The van der Waals surface area contributed by atoms with Crippen LogP contribution >= 0.6 is 12.4 Å². The predicted octanol–water partition coefficient (Wildman–Crippen LogP) is 2.40. The van der Waals surface area contributed by atoms with E-state index in [1.807, 2.05) is 57.0 Å². The molecule has 0 spiro atoms. The fourth-order valence-electron chi connectivity index (χ4n) is 3.06. The minimum absolute atomic E-state index is 0. The SMILES string of the molecule is Cc1nn(C)c(N(C)C)c1CNCc1ccc(C(=O)NC2CC2)cc1.Cl. The predicted molar refractivity (Wildman–Crippen MR) is 107 cm³/mol. The van der Waals surface area contributed by atoms with Crippen molar-refractivity contribution < 1.29 is 4.79 Å². The smallest absolute Gasteiger partial charge is 0.251 e. The van der Waals surface area contributed by atoms with Crippen molar-refractivity contribution in [2.45, 2.75) is 38.9 Å². The number of halogens is 1. The minimum atomic E-state index is 0. The zero-order valence-corrected chi connectivity index (χ0v) is 16.7. The molecule has 0 radical (unpaired) electrons. The van der Waals surface area contributed by atoms with Crippen molar-refractivity contribution in [2.75, 3.05) is 19.0 Å². The summed E-state index contributed by atoms with van der Waals surface area (Å²) in [6, 6.07) is 8.21. The fraction of sp³-hybridized carbons (Fsp3) is 0.474. The quantitative estimate of drug-likeness (QED) is 0.777. The second-order valence-corrected chi connectivity index (χ2v) is 6.95. The summed E-state index contributed by atoms with van der Waals surface area (Å²) in [5.41, 5.74) is 4.16. The van der Waals surface area contributed by atoms with Crippen molar-refractivity contribution in [3.8, 4) is 0 Å². The number of nitrogens with zero attached hydrogens (tertiary/aromatic N) is 3. The average molecular weight is 378 g/mol. The van der Waals surface area contributed by atoms with Gasteiger partial charge >= 0.3 is 0 Å². The molecule has 2 N–H and O–H groups in total. The second-order valence-electron chi connectivity index (χ2n) is 6.95. The molecule has 142 valence electrons. The fourth-order valence-corrected chi connectivity index (χ4v) is 3.06. The van der Waals surface area contributed by atoms with Gasteiger partial charge in [-0.15, -0.1) is 12.4 Å². The van der Waals surface area contributed by atoms with E-state index in [1.54, 1.807) is 0 Å². The largest absolute Gasteiger partial charge is 0.363 e. The van der Waals surface area contributed by atoms with Crippen LogP contribution in [-0.2, 0) is 20.1 Å². The highest BCUT2D eigenvalue weighted by atomic mass is 35.5. The van der Waals surface area contributed by atoms with Gasteiger partial charge in [-0.3, -0.25) is 9.48 Å². The Morgan fingerprint density at radius 2 is 1.88 bits per heavy atom. The lowest BCUT2D eigenvalue weighted by atomic mass is 10.1. The van der Waals surface area contributed by atoms with Crippen LogP contribution in [0.25, 0.3) is 0 Å². The van der Waals surface area contributed by atoms with Crippen molar-refractivity contribution in [3.05, 3.63) is 46.6 Å². The third kappa shape index (κ3) is 4.77. The van der Waals surface area contributed by atoms with E-state index in [4.69, 9.17) is 0 Å². The Morgan fingerprint density at radius 3 is 2.46 bits per heavy atom. The Hall–Kier alpha value is -2.05. The Bertz CT molecular complexity index is 750. The van der Waals surface area contributed by atoms with E-state index in [9.17, 15) is 4.79 Å². The summed E-state index contributed by atoms with van der Waals surface area (Å²) in [6.07, 6.45) is 2.22. The molecule has 1 amide bonds. The molecule has 1 aromatic heterocycles. The van der Waals surface area contributed by atoms with Gasteiger partial charge < -0.3 is 15.5 Å². The zero-order chi connectivity index (χ0) is 18.0. The van der Waals surface area contributed by atoms with Gasteiger partial charge in [0.05, 0.1) is 5.69 Å². The number of aryl methyl sites for hydroxylation is 2. The van der Waals surface area contributed by atoms with Crippen LogP contribution in [0.2, 0.25) is 0 Å². The maximum absolute atomic E-state index is 12.0. The van der Waals surface area contributed by atoms with Crippen LogP contribution in [0.15, 0.2) is 24.3 Å². The van der Waals surface area contributed by atoms with E-state index in [2.05, 4.69) is 20.6 Å². The van der Waals surface area contributed by atoms with Crippen molar-refractivity contribution in [3.63, 3.8) is 0 Å². The highest BCUT2D eigenvalue weighted by molar-refractivity contribution is 5.94. The third-order valence-corrected chi connectivity index (χ3v) is 4.50. The van der Waals surface area contributed by atoms with Gasteiger partial charge in [0.25, 0.3) is 5.91 Å². The Kier molecular flexibility index (Phi) is 6.67. The van der Waals surface area contributed by atoms with Gasteiger partial charge in [-0.1, -0.05) is 12.1 Å². The zero-order valence-electron chi connectivity index (χ0n) is 15.9. The number of amides is 1. The summed E-state index contributed by atoms with van der Waals surface area (Å²) >= 11 is 0. The van der Waals surface area contributed by atoms with Gasteiger partial charge in [-0.2, -0.15) is 5.10 Å². The van der Waals surface area contributed by atoms with Gasteiger partial charge in [0.15, 0.2) is 0 Å². The van der Waals surface area contributed by atoms with Gasteiger partial charge in [0.2, 0.25) is 0 Å². The molecule has 7 heteroatoms. The lowest BCUT2D eigenvalue weighted by Gasteiger charge is -2.15. The Morgan fingerprint density at radius 1 is 1.23 bits per heavy atom. The molecule has 1 fully saturated rings. The standard InChI is InChI=1S/C19H27N5O.ClH/c1-13-17(19(23(2)3)24(4)22-13)12-20-11-14-5-7-15(8-6-14)18(25)21-16-9-10-16;/h5-8,16,20H,9-12H2,1-4H3,(H,21,25);1H. The molecule has 1 heterocycles. The molecule has 0 atom stereocenters. The van der Waals surface area contributed by atoms with Gasteiger partial charge in [0.1, 0.15) is 5.82 Å². The monoisotopic (exact) mass is 377 g/mol. The summed E-state index contributed by atoms with van der Waals surface area (Å²) in [7, 11) is 6.04. The van der Waals surface area contributed by atoms with Crippen LogP contribution < -0.4 is 15.5 Å². The normalized spacial score (nSPS) is 13.2. The lowest BCUT2D eigenvalue weighted by Crippen LogP contribution is -2.25. The van der Waals surface area contributed by atoms with Crippen molar-refractivity contribution >= 4 is 24.1 Å². The molecule has 0 bridgehead atoms.